The van der Waals surface area contributed by atoms with Crippen LogP contribution in [0.2, 0.25) is 10.0 Å². The lowest BCUT2D eigenvalue weighted by Crippen LogP contribution is -2.30. The third kappa shape index (κ3) is 4.48. The van der Waals surface area contributed by atoms with Gasteiger partial charge in [-0.2, -0.15) is 0 Å². The van der Waals surface area contributed by atoms with Crippen molar-refractivity contribution in [2.75, 3.05) is 25.5 Å². The van der Waals surface area contributed by atoms with Crippen molar-refractivity contribution in [1.82, 2.24) is 4.90 Å². The van der Waals surface area contributed by atoms with Gasteiger partial charge >= 0.3 is 0 Å². The summed E-state index contributed by atoms with van der Waals surface area (Å²) < 4.78 is 0. The third-order valence-corrected chi connectivity index (χ3v) is 3.37. The van der Waals surface area contributed by atoms with Crippen molar-refractivity contribution >= 4 is 34.8 Å². The van der Waals surface area contributed by atoms with Crippen molar-refractivity contribution in [1.29, 1.82) is 0 Å². The number of hydrogen-bond acceptors (Lipinski definition) is 2. The molecule has 0 bridgehead atoms. The molecular formula is C13H18Cl2N2O. The summed E-state index contributed by atoms with van der Waals surface area (Å²) in [5, 5.41) is 3.90. The van der Waals surface area contributed by atoms with Crippen molar-refractivity contribution in [2.24, 2.45) is 0 Å². The van der Waals surface area contributed by atoms with Gasteiger partial charge < -0.3 is 5.32 Å². The smallest absolute Gasteiger partial charge is 0.238 e. The van der Waals surface area contributed by atoms with Crippen LogP contribution in [0.25, 0.3) is 0 Å². The molecule has 0 heterocycles. The van der Waals surface area contributed by atoms with Gasteiger partial charge in [-0.05, 0) is 44.6 Å². The van der Waals surface area contributed by atoms with E-state index in [0.717, 1.165) is 18.5 Å². The molecule has 0 atom stereocenters. The SMILES string of the molecule is CCCN(C)CC(=O)Nc1cc(Cl)c(C)c(Cl)c1. The van der Waals surface area contributed by atoms with Crippen LogP contribution in [-0.4, -0.2) is 30.9 Å². The average Bonchev–Trinajstić information content (AvgIpc) is 2.25. The first-order valence-electron chi connectivity index (χ1n) is 5.88. The lowest BCUT2D eigenvalue weighted by atomic mass is 10.2. The van der Waals surface area contributed by atoms with Gasteiger partial charge in [0.15, 0.2) is 0 Å². The second-order valence-corrected chi connectivity index (χ2v) is 5.17. The van der Waals surface area contributed by atoms with Gasteiger partial charge in [0, 0.05) is 15.7 Å². The Kier molecular flexibility index (Phi) is 5.93. The fourth-order valence-corrected chi connectivity index (χ4v) is 2.11. The van der Waals surface area contributed by atoms with Gasteiger partial charge in [0.2, 0.25) is 5.91 Å². The number of rotatable bonds is 5. The van der Waals surface area contributed by atoms with Crippen LogP contribution in [0.4, 0.5) is 5.69 Å². The Labute approximate surface area is 118 Å². The van der Waals surface area contributed by atoms with Crippen LogP contribution in [0.15, 0.2) is 12.1 Å². The largest absolute Gasteiger partial charge is 0.325 e. The second-order valence-electron chi connectivity index (χ2n) is 4.35. The maximum absolute atomic E-state index is 11.8. The van der Waals surface area contributed by atoms with Crippen molar-refractivity contribution in [3.63, 3.8) is 0 Å². The van der Waals surface area contributed by atoms with Gasteiger partial charge in [-0.25, -0.2) is 0 Å². The molecule has 3 nitrogen and oxygen atoms in total. The van der Waals surface area contributed by atoms with Crippen LogP contribution < -0.4 is 5.32 Å². The fourth-order valence-electron chi connectivity index (χ4n) is 1.62. The minimum absolute atomic E-state index is 0.0677. The van der Waals surface area contributed by atoms with Gasteiger partial charge in [0.25, 0.3) is 0 Å². The maximum Gasteiger partial charge on any atom is 0.238 e. The Balaban J connectivity index is 2.65. The van der Waals surface area contributed by atoms with Crippen LogP contribution in [0.3, 0.4) is 0 Å². The lowest BCUT2D eigenvalue weighted by molar-refractivity contribution is -0.117. The number of halogens is 2. The highest BCUT2D eigenvalue weighted by Crippen LogP contribution is 2.27. The molecule has 1 rings (SSSR count). The first-order chi connectivity index (χ1) is 8.43. The van der Waals surface area contributed by atoms with Gasteiger partial charge in [-0.1, -0.05) is 30.1 Å². The minimum Gasteiger partial charge on any atom is -0.325 e. The standard InChI is InChI=1S/C13H18Cl2N2O/c1-4-5-17(3)8-13(18)16-10-6-11(14)9(2)12(15)7-10/h6-7H,4-5,8H2,1-3H3,(H,16,18). The number of likely N-dealkylation sites (N-methyl/N-ethyl adjacent to an activating group) is 1. The lowest BCUT2D eigenvalue weighted by Gasteiger charge is -2.15. The van der Waals surface area contributed by atoms with Gasteiger partial charge in [-0.15, -0.1) is 0 Å². The molecule has 100 valence electrons. The van der Waals surface area contributed by atoms with Crippen LogP contribution in [0, 0.1) is 6.92 Å². The molecule has 0 radical (unpaired) electrons. The Hall–Kier alpha value is -0.770. The van der Waals surface area contributed by atoms with E-state index in [-0.39, 0.29) is 5.91 Å². The Morgan fingerprint density at radius 3 is 2.39 bits per heavy atom. The zero-order valence-electron chi connectivity index (χ0n) is 10.9. The van der Waals surface area contributed by atoms with Crippen molar-refractivity contribution < 1.29 is 4.79 Å². The summed E-state index contributed by atoms with van der Waals surface area (Å²) in [7, 11) is 1.91. The van der Waals surface area contributed by atoms with Gasteiger partial charge in [0.05, 0.1) is 6.54 Å². The van der Waals surface area contributed by atoms with E-state index in [1.165, 1.54) is 0 Å². The van der Waals surface area contributed by atoms with Crippen LogP contribution in [0.5, 0.6) is 0 Å². The van der Waals surface area contributed by atoms with Crippen molar-refractivity contribution in [3.8, 4) is 0 Å². The highest BCUT2D eigenvalue weighted by molar-refractivity contribution is 6.36. The highest BCUT2D eigenvalue weighted by atomic mass is 35.5. The summed E-state index contributed by atoms with van der Waals surface area (Å²) in [4.78, 5) is 13.7. The van der Waals surface area contributed by atoms with E-state index in [2.05, 4.69) is 12.2 Å². The monoisotopic (exact) mass is 288 g/mol. The number of benzene rings is 1. The molecule has 0 saturated heterocycles. The van der Waals surface area contributed by atoms with Crippen molar-refractivity contribution in [2.45, 2.75) is 20.3 Å². The van der Waals surface area contributed by atoms with E-state index in [9.17, 15) is 4.79 Å². The fraction of sp³-hybridized carbons (Fsp3) is 0.462. The molecule has 0 aromatic heterocycles. The number of carbonyl (C=O) groups excluding carboxylic acids is 1. The first-order valence-corrected chi connectivity index (χ1v) is 6.63. The van der Waals surface area contributed by atoms with Crippen LogP contribution >= 0.6 is 23.2 Å². The second kappa shape index (κ2) is 6.98. The zero-order chi connectivity index (χ0) is 13.7. The topological polar surface area (TPSA) is 32.3 Å². The van der Waals surface area contributed by atoms with Crippen LogP contribution in [0.1, 0.15) is 18.9 Å². The molecule has 1 N–H and O–H groups in total. The maximum atomic E-state index is 11.8. The quantitative estimate of drug-likeness (QED) is 0.898. The number of carbonyl (C=O) groups is 1. The predicted molar refractivity (Wildman–Crippen MR) is 77.6 cm³/mol. The number of anilines is 1. The summed E-state index contributed by atoms with van der Waals surface area (Å²) in [6.45, 7) is 5.17. The summed E-state index contributed by atoms with van der Waals surface area (Å²) >= 11 is 12.0. The molecule has 1 aromatic carbocycles. The zero-order valence-corrected chi connectivity index (χ0v) is 12.4. The molecule has 0 unspecified atom stereocenters. The molecule has 0 aliphatic heterocycles. The molecule has 1 aromatic rings. The van der Waals surface area contributed by atoms with Gasteiger partial charge in [0.1, 0.15) is 0 Å². The number of nitrogens with one attached hydrogen (secondary N) is 1. The average molecular weight is 289 g/mol. The Bertz CT molecular complexity index is 412. The predicted octanol–water partition coefficient (Wildman–Crippen LogP) is 3.58. The molecule has 0 fully saturated rings. The molecule has 1 amide bonds. The summed E-state index contributed by atoms with van der Waals surface area (Å²) in [5.74, 6) is -0.0677. The molecule has 0 spiro atoms. The molecule has 0 saturated carbocycles. The summed E-state index contributed by atoms with van der Waals surface area (Å²) in [5.41, 5.74) is 1.45. The Morgan fingerprint density at radius 2 is 1.89 bits per heavy atom. The number of hydrogen-bond donors (Lipinski definition) is 1. The molecular weight excluding hydrogens is 271 g/mol. The van der Waals surface area contributed by atoms with Crippen LogP contribution in [-0.2, 0) is 4.79 Å². The highest BCUT2D eigenvalue weighted by Gasteiger charge is 2.09. The summed E-state index contributed by atoms with van der Waals surface area (Å²) in [6, 6.07) is 3.42. The number of nitrogens with zero attached hydrogens (tertiary/aromatic N) is 1. The van der Waals surface area contributed by atoms with Gasteiger partial charge in [-0.3, -0.25) is 9.69 Å². The van der Waals surface area contributed by atoms with Crippen molar-refractivity contribution in [3.05, 3.63) is 27.7 Å². The Morgan fingerprint density at radius 1 is 1.33 bits per heavy atom. The summed E-state index contributed by atoms with van der Waals surface area (Å²) in [6.07, 6.45) is 1.02. The third-order valence-electron chi connectivity index (χ3n) is 2.58. The molecule has 0 aliphatic rings. The minimum atomic E-state index is -0.0677. The number of amides is 1. The molecule has 18 heavy (non-hydrogen) atoms. The van der Waals surface area contributed by atoms with E-state index in [0.29, 0.717) is 22.3 Å². The van der Waals surface area contributed by atoms with E-state index >= 15 is 0 Å². The van der Waals surface area contributed by atoms with E-state index in [1.54, 1.807) is 12.1 Å². The molecule has 0 aliphatic carbocycles. The van der Waals surface area contributed by atoms with E-state index in [4.69, 9.17) is 23.2 Å². The van der Waals surface area contributed by atoms with E-state index < -0.39 is 0 Å². The normalized spacial score (nSPS) is 10.8. The molecule has 5 heteroatoms. The first kappa shape index (κ1) is 15.3. The van der Waals surface area contributed by atoms with E-state index in [1.807, 2.05) is 18.9 Å².